The number of nitrogens with zero attached hydrogens (tertiary/aromatic N) is 1. The van der Waals surface area contributed by atoms with Gasteiger partial charge in [0.05, 0.1) is 38.9 Å². The molecule has 0 aliphatic rings. The van der Waals surface area contributed by atoms with Crippen LogP contribution in [-0.2, 0) is 0 Å². The van der Waals surface area contributed by atoms with Gasteiger partial charge in [-0.1, -0.05) is 56.3 Å². The Morgan fingerprint density at radius 3 is 2.16 bits per heavy atom. The lowest BCUT2D eigenvalue weighted by Crippen LogP contribution is -2.01. The first-order valence-electron chi connectivity index (χ1n) is 8.53. The molecule has 0 bridgehead atoms. The number of rotatable bonds is 3. The van der Waals surface area contributed by atoms with E-state index in [0.717, 1.165) is 0 Å². The third-order valence-electron chi connectivity index (χ3n) is 4.70. The molecule has 0 saturated heterocycles. The van der Waals surface area contributed by atoms with Crippen molar-refractivity contribution in [3.05, 3.63) is 71.8 Å². The number of anilines is 2. The maximum absolute atomic E-state index is 2.42. The van der Waals surface area contributed by atoms with Gasteiger partial charge in [0.25, 0.3) is 0 Å². The van der Waals surface area contributed by atoms with E-state index in [1.54, 1.807) is 0 Å². The summed E-state index contributed by atoms with van der Waals surface area (Å²) in [4.78, 5) is 0. The van der Waals surface area contributed by atoms with Crippen LogP contribution < -0.4 is 3.11 Å². The number of hydrogen-bond donors (Lipinski definition) is 0. The van der Waals surface area contributed by atoms with Crippen molar-refractivity contribution in [3.8, 4) is 0 Å². The van der Waals surface area contributed by atoms with Crippen molar-refractivity contribution < 1.29 is 0 Å². The molecule has 0 spiro atoms. The molecule has 0 radical (unpaired) electrons. The Bertz CT molecular complexity index is 1050. The fourth-order valence-electron chi connectivity index (χ4n) is 3.23. The van der Waals surface area contributed by atoms with E-state index in [1.807, 2.05) is 11.3 Å². The second kappa shape index (κ2) is 6.61. The molecule has 4 aromatic rings. The minimum Gasteiger partial charge on any atom is -0.282 e. The highest BCUT2D eigenvalue weighted by atomic mass is 127. The van der Waals surface area contributed by atoms with Crippen molar-refractivity contribution in [2.24, 2.45) is 0 Å². The molecule has 1 aromatic heterocycles. The van der Waals surface area contributed by atoms with Gasteiger partial charge in [-0.2, -0.15) is 0 Å². The van der Waals surface area contributed by atoms with E-state index in [0.29, 0.717) is 5.92 Å². The lowest BCUT2D eigenvalue weighted by Gasteiger charge is -2.18. The van der Waals surface area contributed by atoms with E-state index < -0.39 is 0 Å². The average Bonchev–Trinajstić information content (AvgIpc) is 3.01. The van der Waals surface area contributed by atoms with E-state index >= 15 is 0 Å². The van der Waals surface area contributed by atoms with E-state index in [9.17, 15) is 0 Å². The van der Waals surface area contributed by atoms with Crippen LogP contribution in [0.4, 0.5) is 11.4 Å². The van der Waals surface area contributed by atoms with Crippen LogP contribution in [0.15, 0.2) is 60.7 Å². The zero-order valence-electron chi connectivity index (χ0n) is 14.6. The summed E-state index contributed by atoms with van der Waals surface area (Å²) in [6.07, 6.45) is 0. The number of aryl methyl sites for hydroxylation is 1. The van der Waals surface area contributed by atoms with Gasteiger partial charge in [-0.3, -0.25) is 3.11 Å². The highest BCUT2D eigenvalue weighted by Crippen LogP contribution is 2.43. The van der Waals surface area contributed by atoms with Crippen molar-refractivity contribution in [1.82, 2.24) is 0 Å². The van der Waals surface area contributed by atoms with Crippen molar-refractivity contribution >= 4 is 65.7 Å². The number of halogens is 1. The zero-order valence-corrected chi connectivity index (χ0v) is 17.6. The van der Waals surface area contributed by atoms with Gasteiger partial charge in [0.15, 0.2) is 0 Å². The summed E-state index contributed by atoms with van der Waals surface area (Å²) >= 11 is 4.32. The third-order valence-corrected chi connectivity index (χ3v) is 7.15. The molecule has 0 atom stereocenters. The molecule has 0 fully saturated rings. The minimum atomic E-state index is 0.561. The fourth-order valence-corrected chi connectivity index (χ4v) is 5.39. The molecule has 3 heteroatoms. The van der Waals surface area contributed by atoms with E-state index in [4.69, 9.17) is 0 Å². The summed E-state index contributed by atoms with van der Waals surface area (Å²) in [6, 6.07) is 22.1. The molecule has 3 aromatic carbocycles. The first-order chi connectivity index (χ1) is 12.1. The Labute approximate surface area is 166 Å². The Morgan fingerprint density at radius 2 is 1.48 bits per heavy atom. The zero-order chi connectivity index (χ0) is 17.6. The average molecular weight is 457 g/mol. The molecule has 0 unspecified atom stereocenters. The predicted molar refractivity (Wildman–Crippen MR) is 121 cm³/mol. The van der Waals surface area contributed by atoms with Gasteiger partial charge < -0.3 is 0 Å². The van der Waals surface area contributed by atoms with E-state index in [-0.39, 0.29) is 0 Å². The fraction of sp³-hybridized carbons (Fsp3) is 0.182. The largest absolute Gasteiger partial charge is 0.282 e. The van der Waals surface area contributed by atoms with Crippen molar-refractivity contribution in [1.29, 1.82) is 0 Å². The molecule has 0 amide bonds. The lowest BCUT2D eigenvalue weighted by molar-refractivity contribution is 0.867. The van der Waals surface area contributed by atoms with Crippen LogP contribution in [0.2, 0.25) is 0 Å². The molecule has 0 aliphatic carbocycles. The molecule has 25 heavy (non-hydrogen) atoms. The third kappa shape index (κ3) is 2.93. The lowest BCUT2D eigenvalue weighted by atomic mass is 10.0. The topological polar surface area (TPSA) is 3.24 Å². The van der Waals surface area contributed by atoms with Gasteiger partial charge >= 0.3 is 0 Å². The molecule has 0 N–H and O–H groups in total. The van der Waals surface area contributed by atoms with Crippen molar-refractivity contribution in [2.45, 2.75) is 26.7 Å². The molecule has 0 aliphatic heterocycles. The van der Waals surface area contributed by atoms with Crippen LogP contribution in [0.3, 0.4) is 0 Å². The summed E-state index contributed by atoms with van der Waals surface area (Å²) < 4.78 is 5.02. The van der Waals surface area contributed by atoms with Crippen LogP contribution in [0.5, 0.6) is 0 Å². The molecule has 1 nitrogen and oxygen atoms in total. The second-order valence-electron chi connectivity index (χ2n) is 6.73. The van der Waals surface area contributed by atoms with Gasteiger partial charge in [-0.05, 0) is 42.2 Å². The number of benzene rings is 3. The first-order valence-corrected chi connectivity index (χ1v) is 10.3. The quantitative estimate of drug-likeness (QED) is 0.223. The minimum absolute atomic E-state index is 0.561. The SMILES string of the molecule is Cc1cccc2c1sc1c(N(I)c3ccc(C(C)C)cc3)cccc12. The number of hydrogen-bond acceptors (Lipinski definition) is 2. The molecular formula is C22H20INS. The van der Waals surface area contributed by atoms with Gasteiger partial charge in [0.2, 0.25) is 0 Å². The van der Waals surface area contributed by atoms with Gasteiger partial charge in [0, 0.05) is 15.5 Å². The van der Waals surface area contributed by atoms with Gasteiger partial charge in [-0.15, -0.1) is 11.3 Å². The van der Waals surface area contributed by atoms with Crippen LogP contribution >= 0.6 is 34.2 Å². The summed E-state index contributed by atoms with van der Waals surface area (Å²) in [5.41, 5.74) is 5.21. The standard InChI is InChI=1S/C22H20INS/c1-14(2)16-10-12-17(13-11-16)24(23)20-9-5-8-19-18-7-4-6-15(3)21(18)25-22(19)20/h4-14H,1-3H3. The second-order valence-corrected chi connectivity index (χ2v) is 8.72. The monoisotopic (exact) mass is 457 g/mol. The van der Waals surface area contributed by atoms with Gasteiger partial charge in [0.1, 0.15) is 0 Å². The number of fused-ring (bicyclic) bond motifs is 3. The van der Waals surface area contributed by atoms with Crippen LogP contribution in [0.25, 0.3) is 20.2 Å². The maximum atomic E-state index is 2.42. The predicted octanol–water partition coefficient (Wildman–Crippen LogP) is 7.97. The Balaban J connectivity index is 1.85. The van der Waals surface area contributed by atoms with Crippen LogP contribution in [0, 0.1) is 6.92 Å². The maximum Gasteiger partial charge on any atom is 0.0689 e. The highest BCUT2D eigenvalue weighted by Gasteiger charge is 2.14. The van der Waals surface area contributed by atoms with E-state index in [2.05, 4.69) is 107 Å². The Kier molecular flexibility index (Phi) is 4.46. The first kappa shape index (κ1) is 16.9. The molecule has 126 valence electrons. The van der Waals surface area contributed by atoms with E-state index in [1.165, 1.54) is 42.7 Å². The normalized spacial score (nSPS) is 11.6. The highest BCUT2D eigenvalue weighted by molar-refractivity contribution is 14.1. The van der Waals surface area contributed by atoms with Crippen molar-refractivity contribution in [2.75, 3.05) is 3.11 Å². The Hall–Kier alpha value is -1.59. The summed E-state index contributed by atoms with van der Waals surface area (Å²) in [5.74, 6) is 0.561. The molecular weight excluding hydrogens is 437 g/mol. The summed E-state index contributed by atoms with van der Waals surface area (Å²) in [5, 5.41) is 2.71. The van der Waals surface area contributed by atoms with Crippen molar-refractivity contribution in [3.63, 3.8) is 0 Å². The van der Waals surface area contributed by atoms with Crippen LogP contribution in [0.1, 0.15) is 30.9 Å². The van der Waals surface area contributed by atoms with Crippen LogP contribution in [-0.4, -0.2) is 0 Å². The molecule has 1 heterocycles. The molecule has 4 rings (SSSR count). The number of thiophene rings is 1. The smallest absolute Gasteiger partial charge is 0.0689 e. The summed E-state index contributed by atoms with van der Waals surface area (Å²) in [6.45, 7) is 6.66. The summed E-state index contributed by atoms with van der Waals surface area (Å²) in [7, 11) is 0. The molecule has 0 saturated carbocycles. The van der Waals surface area contributed by atoms with Gasteiger partial charge in [-0.25, -0.2) is 0 Å². The Morgan fingerprint density at radius 1 is 0.840 bits per heavy atom.